The highest BCUT2D eigenvalue weighted by molar-refractivity contribution is 7.21. The summed E-state index contributed by atoms with van der Waals surface area (Å²) in [6, 6.07) is 22.1. The van der Waals surface area contributed by atoms with Crippen molar-refractivity contribution >= 4 is 33.1 Å². The molecule has 1 aromatic heterocycles. The smallest absolute Gasteiger partial charge is 0.262 e. The SMILES string of the molecule is CCC(C)c1ccc(OCC(=O)Nc2cc(-c3nc4ccccc4s3)ccc2C)cc1. The van der Waals surface area contributed by atoms with E-state index in [-0.39, 0.29) is 12.5 Å². The number of hydrogen-bond donors (Lipinski definition) is 1. The van der Waals surface area contributed by atoms with E-state index in [0.717, 1.165) is 38.5 Å². The van der Waals surface area contributed by atoms with Gasteiger partial charge in [-0.3, -0.25) is 4.79 Å². The summed E-state index contributed by atoms with van der Waals surface area (Å²) in [5.41, 5.74) is 5.03. The summed E-state index contributed by atoms with van der Waals surface area (Å²) in [7, 11) is 0. The van der Waals surface area contributed by atoms with Crippen molar-refractivity contribution in [2.24, 2.45) is 0 Å². The van der Waals surface area contributed by atoms with Crippen molar-refractivity contribution in [2.45, 2.75) is 33.1 Å². The van der Waals surface area contributed by atoms with Crippen molar-refractivity contribution in [3.05, 3.63) is 77.9 Å². The predicted octanol–water partition coefficient (Wildman–Crippen LogP) is 6.80. The Kier molecular flexibility index (Phi) is 6.33. The summed E-state index contributed by atoms with van der Waals surface area (Å²) in [5, 5.41) is 3.92. The van der Waals surface area contributed by atoms with Crippen molar-refractivity contribution in [1.29, 1.82) is 0 Å². The van der Waals surface area contributed by atoms with E-state index in [0.29, 0.717) is 11.7 Å². The van der Waals surface area contributed by atoms with Gasteiger partial charge in [0.15, 0.2) is 6.61 Å². The Hall–Kier alpha value is -3.18. The van der Waals surface area contributed by atoms with Gasteiger partial charge in [-0.1, -0.05) is 50.2 Å². The van der Waals surface area contributed by atoms with Gasteiger partial charge < -0.3 is 10.1 Å². The Morgan fingerprint density at radius 2 is 1.87 bits per heavy atom. The molecule has 1 heterocycles. The molecule has 4 aromatic rings. The number of para-hydroxylation sites is 1. The number of carbonyl (C=O) groups is 1. The first-order chi connectivity index (χ1) is 15.0. The quantitative estimate of drug-likeness (QED) is 0.351. The lowest BCUT2D eigenvalue weighted by atomic mass is 9.99. The first kappa shape index (κ1) is 21.1. The van der Waals surface area contributed by atoms with Gasteiger partial charge in [0.2, 0.25) is 0 Å². The average Bonchev–Trinajstić information content (AvgIpc) is 3.23. The van der Waals surface area contributed by atoms with Crippen LogP contribution in [0.1, 0.15) is 37.3 Å². The Labute approximate surface area is 186 Å². The van der Waals surface area contributed by atoms with Crippen molar-refractivity contribution in [3.8, 4) is 16.3 Å². The zero-order valence-corrected chi connectivity index (χ0v) is 18.8. The highest BCUT2D eigenvalue weighted by Gasteiger charge is 2.11. The minimum Gasteiger partial charge on any atom is -0.484 e. The summed E-state index contributed by atoms with van der Waals surface area (Å²) in [6.07, 6.45) is 1.10. The lowest BCUT2D eigenvalue weighted by Gasteiger charge is -2.12. The fourth-order valence-corrected chi connectivity index (χ4v) is 4.31. The van der Waals surface area contributed by atoms with Crippen LogP contribution in [-0.2, 0) is 4.79 Å². The molecule has 3 aromatic carbocycles. The maximum atomic E-state index is 12.5. The number of ether oxygens (including phenoxy) is 1. The molecule has 0 saturated heterocycles. The maximum absolute atomic E-state index is 12.5. The summed E-state index contributed by atoms with van der Waals surface area (Å²) in [6.45, 7) is 6.32. The maximum Gasteiger partial charge on any atom is 0.262 e. The Balaban J connectivity index is 1.42. The lowest BCUT2D eigenvalue weighted by Crippen LogP contribution is -2.20. The van der Waals surface area contributed by atoms with Gasteiger partial charge in [-0.15, -0.1) is 11.3 Å². The van der Waals surface area contributed by atoms with E-state index in [2.05, 4.69) is 37.4 Å². The van der Waals surface area contributed by atoms with Crippen LogP contribution < -0.4 is 10.1 Å². The molecular weight excluding hydrogens is 404 g/mol. The van der Waals surface area contributed by atoms with Gasteiger partial charge in [0.25, 0.3) is 5.91 Å². The predicted molar refractivity (Wildman–Crippen MR) is 129 cm³/mol. The van der Waals surface area contributed by atoms with Crippen LogP contribution in [0.15, 0.2) is 66.7 Å². The number of nitrogens with zero attached hydrogens (tertiary/aromatic N) is 1. The van der Waals surface area contributed by atoms with Gasteiger partial charge in [-0.2, -0.15) is 0 Å². The first-order valence-corrected chi connectivity index (χ1v) is 11.3. The molecule has 1 amide bonds. The van der Waals surface area contributed by atoms with Crippen molar-refractivity contribution in [3.63, 3.8) is 0 Å². The van der Waals surface area contributed by atoms with Gasteiger partial charge >= 0.3 is 0 Å². The molecular formula is C26H26N2O2S. The molecule has 158 valence electrons. The molecule has 0 bridgehead atoms. The first-order valence-electron chi connectivity index (χ1n) is 10.5. The molecule has 1 unspecified atom stereocenters. The fraction of sp³-hybridized carbons (Fsp3) is 0.231. The van der Waals surface area contributed by atoms with E-state index in [1.807, 2.05) is 55.5 Å². The molecule has 31 heavy (non-hydrogen) atoms. The third kappa shape index (κ3) is 4.94. The normalized spacial score (nSPS) is 12.0. The van der Waals surface area contributed by atoms with Crippen molar-refractivity contribution in [2.75, 3.05) is 11.9 Å². The number of carbonyl (C=O) groups excluding carboxylic acids is 1. The second kappa shape index (κ2) is 9.31. The van der Waals surface area contributed by atoms with E-state index < -0.39 is 0 Å². The van der Waals surface area contributed by atoms with Crippen LogP contribution in [0.2, 0.25) is 0 Å². The third-order valence-electron chi connectivity index (χ3n) is 5.48. The van der Waals surface area contributed by atoms with Gasteiger partial charge in [-0.25, -0.2) is 4.98 Å². The zero-order chi connectivity index (χ0) is 21.8. The Morgan fingerprint density at radius 3 is 2.61 bits per heavy atom. The molecule has 0 aliphatic heterocycles. The number of hydrogen-bond acceptors (Lipinski definition) is 4. The number of amides is 1. The second-order valence-corrected chi connectivity index (χ2v) is 8.76. The average molecular weight is 431 g/mol. The highest BCUT2D eigenvalue weighted by atomic mass is 32.1. The molecule has 0 aliphatic carbocycles. The topological polar surface area (TPSA) is 51.2 Å². The van der Waals surface area contributed by atoms with E-state index >= 15 is 0 Å². The summed E-state index contributed by atoms with van der Waals surface area (Å²) in [5.74, 6) is 1.03. The largest absolute Gasteiger partial charge is 0.484 e. The zero-order valence-electron chi connectivity index (χ0n) is 18.0. The van der Waals surface area contributed by atoms with Crippen LogP contribution in [0.5, 0.6) is 5.75 Å². The molecule has 5 heteroatoms. The standard InChI is InChI=1S/C26H26N2O2S/c1-4-17(2)19-11-13-21(14-12-19)30-16-25(29)27-23-15-20(10-9-18(23)3)26-28-22-7-5-6-8-24(22)31-26/h5-15,17H,4,16H2,1-3H3,(H,27,29). The van der Waals surface area contributed by atoms with Crippen LogP contribution in [0.3, 0.4) is 0 Å². The van der Waals surface area contributed by atoms with E-state index in [9.17, 15) is 4.79 Å². The van der Waals surface area contributed by atoms with Gasteiger partial charge in [0.05, 0.1) is 10.2 Å². The molecule has 1 N–H and O–H groups in total. The van der Waals surface area contributed by atoms with Crippen molar-refractivity contribution in [1.82, 2.24) is 4.98 Å². The van der Waals surface area contributed by atoms with Crippen LogP contribution in [0, 0.1) is 6.92 Å². The Bertz CT molecular complexity index is 1160. The minimum absolute atomic E-state index is 0.0342. The second-order valence-electron chi connectivity index (χ2n) is 7.73. The van der Waals surface area contributed by atoms with Crippen LogP contribution in [0.25, 0.3) is 20.8 Å². The Morgan fingerprint density at radius 1 is 1.10 bits per heavy atom. The number of aromatic nitrogens is 1. The molecule has 0 aliphatic rings. The van der Waals surface area contributed by atoms with E-state index in [4.69, 9.17) is 9.72 Å². The van der Waals surface area contributed by atoms with E-state index in [1.165, 1.54) is 5.56 Å². The molecule has 0 saturated carbocycles. The third-order valence-corrected chi connectivity index (χ3v) is 6.57. The number of nitrogens with one attached hydrogen (secondary N) is 1. The number of rotatable bonds is 7. The van der Waals surface area contributed by atoms with Gasteiger partial charge in [0.1, 0.15) is 10.8 Å². The summed E-state index contributed by atoms with van der Waals surface area (Å²) in [4.78, 5) is 17.2. The molecule has 4 rings (SSSR count). The van der Waals surface area contributed by atoms with Gasteiger partial charge in [-0.05, 0) is 60.7 Å². The van der Waals surface area contributed by atoms with Crippen molar-refractivity contribution < 1.29 is 9.53 Å². The highest BCUT2D eigenvalue weighted by Crippen LogP contribution is 2.32. The lowest BCUT2D eigenvalue weighted by molar-refractivity contribution is -0.118. The molecule has 0 radical (unpaired) electrons. The molecule has 1 atom stereocenters. The van der Waals surface area contributed by atoms with Gasteiger partial charge in [0, 0.05) is 11.3 Å². The summed E-state index contributed by atoms with van der Waals surface area (Å²) < 4.78 is 6.83. The van der Waals surface area contributed by atoms with Crippen LogP contribution in [0.4, 0.5) is 5.69 Å². The van der Waals surface area contributed by atoms with Crippen LogP contribution in [-0.4, -0.2) is 17.5 Å². The number of anilines is 1. The fourth-order valence-electron chi connectivity index (χ4n) is 3.35. The number of benzene rings is 3. The number of thiazole rings is 1. The van der Waals surface area contributed by atoms with E-state index in [1.54, 1.807) is 11.3 Å². The molecule has 0 fully saturated rings. The summed E-state index contributed by atoms with van der Waals surface area (Å²) >= 11 is 1.65. The monoisotopic (exact) mass is 430 g/mol. The molecule has 0 spiro atoms. The molecule has 4 nitrogen and oxygen atoms in total. The van der Waals surface area contributed by atoms with Crippen LogP contribution >= 0.6 is 11.3 Å². The number of aryl methyl sites for hydroxylation is 1. The minimum atomic E-state index is -0.185. The number of fused-ring (bicyclic) bond motifs is 1.